The SMILES string of the molecule is C=CC(=O)N1CCC=C(c2ccc(C(C)C(=O)O)cn2)C1. The first-order valence-corrected chi connectivity index (χ1v) is 6.82. The molecule has 1 aliphatic heterocycles. The maximum absolute atomic E-state index is 11.7. The van der Waals surface area contributed by atoms with Crippen LogP contribution in [0.25, 0.3) is 5.57 Å². The average Bonchev–Trinajstić information content (AvgIpc) is 2.53. The van der Waals surface area contributed by atoms with Crippen LogP contribution in [0.4, 0.5) is 0 Å². The van der Waals surface area contributed by atoms with Gasteiger partial charge in [0.15, 0.2) is 0 Å². The maximum atomic E-state index is 11.7. The van der Waals surface area contributed by atoms with Crippen LogP contribution in [0.5, 0.6) is 0 Å². The van der Waals surface area contributed by atoms with Gasteiger partial charge in [-0.2, -0.15) is 0 Å². The highest BCUT2D eigenvalue weighted by Gasteiger charge is 2.18. The Kier molecular flexibility index (Phi) is 4.52. The molecule has 5 nitrogen and oxygen atoms in total. The second-order valence-electron chi connectivity index (χ2n) is 5.02. The predicted molar refractivity (Wildman–Crippen MR) is 79.7 cm³/mol. The fourth-order valence-electron chi connectivity index (χ4n) is 2.24. The van der Waals surface area contributed by atoms with Gasteiger partial charge in [0, 0.05) is 19.3 Å². The van der Waals surface area contributed by atoms with Gasteiger partial charge in [-0.3, -0.25) is 14.6 Å². The van der Waals surface area contributed by atoms with Crippen LogP contribution < -0.4 is 0 Å². The highest BCUT2D eigenvalue weighted by atomic mass is 16.4. The smallest absolute Gasteiger partial charge is 0.310 e. The van der Waals surface area contributed by atoms with Gasteiger partial charge >= 0.3 is 5.97 Å². The molecule has 0 spiro atoms. The molecular formula is C16H18N2O3. The standard InChI is InChI=1S/C16H18N2O3/c1-3-15(19)18-8-4-5-13(10-18)14-7-6-12(9-17-14)11(2)16(20)21/h3,5-7,9,11H,1,4,8,10H2,2H3,(H,20,21). The van der Waals surface area contributed by atoms with Gasteiger partial charge in [-0.15, -0.1) is 0 Å². The zero-order valence-electron chi connectivity index (χ0n) is 12.0. The van der Waals surface area contributed by atoms with Crippen LogP contribution in [0.15, 0.2) is 37.1 Å². The van der Waals surface area contributed by atoms with Crippen molar-refractivity contribution in [1.82, 2.24) is 9.88 Å². The monoisotopic (exact) mass is 286 g/mol. The molecule has 0 bridgehead atoms. The van der Waals surface area contributed by atoms with Crippen molar-refractivity contribution in [3.05, 3.63) is 48.3 Å². The molecule has 1 N–H and O–H groups in total. The van der Waals surface area contributed by atoms with Gasteiger partial charge in [0.2, 0.25) is 5.91 Å². The van der Waals surface area contributed by atoms with Crippen LogP contribution in [0.2, 0.25) is 0 Å². The fourth-order valence-corrected chi connectivity index (χ4v) is 2.24. The number of aliphatic carboxylic acids is 1. The first kappa shape index (κ1) is 15.0. The third-order valence-electron chi connectivity index (χ3n) is 3.62. The first-order valence-electron chi connectivity index (χ1n) is 6.82. The lowest BCUT2D eigenvalue weighted by Crippen LogP contribution is -2.34. The Morgan fingerprint density at radius 2 is 2.24 bits per heavy atom. The zero-order chi connectivity index (χ0) is 15.4. The molecule has 110 valence electrons. The summed E-state index contributed by atoms with van der Waals surface area (Å²) in [4.78, 5) is 28.7. The van der Waals surface area contributed by atoms with Gasteiger partial charge < -0.3 is 10.0 Å². The Morgan fingerprint density at radius 1 is 1.48 bits per heavy atom. The summed E-state index contributed by atoms with van der Waals surface area (Å²) in [6.07, 6.45) is 5.75. The molecule has 0 saturated carbocycles. The molecule has 0 aliphatic carbocycles. The van der Waals surface area contributed by atoms with E-state index in [0.717, 1.165) is 17.7 Å². The molecular weight excluding hydrogens is 268 g/mol. The summed E-state index contributed by atoms with van der Waals surface area (Å²) in [5.41, 5.74) is 2.42. The molecule has 0 aromatic carbocycles. The van der Waals surface area contributed by atoms with E-state index in [9.17, 15) is 9.59 Å². The lowest BCUT2D eigenvalue weighted by Gasteiger charge is -2.26. The number of amides is 1. The molecule has 1 aromatic rings. The minimum atomic E-state index is -0.871. The average molecular weight is 286 g/mol. The Labute approximate surface area is 123 Å². The minimum Gasteiger partial charge on any atom is -0.481 e. The van der Waals surface area contributed by atoms with E-state index in [4.69, 9.17) is 5.11 Å². The van der Waals surface area contributed by atoms with Gasteiger partial charge in [-0.1, -0.05) is 18.7 Å². The molecule has 2 rings (SSSR count). The number of pyridine rings is 1. The maximum Gasteiger partial charge on any atom is 0.310 e. The largest absolute Gasteiger partial charge is 0.481 e. The van der Waals surface area contributed by atoms with Crippen LogP contribution >= 0.6 is 0 Å². The number of nitrogens with zero attached hydrogens (tertiary/aromatic N) is 2. The van der Waals surface area contributed by atoms with Gasteiger partial charge in [-0.05, 0) is 36.6 Å². The van der Waals surface area contributed by atoms with Crippen molar-refractivity contribution in [2.24, 2.45) is 0 Å². The number of aromatic nitrogens is 1. The predicted octanol–water partition coefficient (Wildman–Crippen LogP) is 2.07. The quantitative estimate of drug-likeness (QED) is 0.860. The molecule has 5 heteroatoms. The normalized spacial score (nSPS) is 16.0. The van der Waals surface area contributed by atoms with E-state index in [1.807, 2.05) is 6.07 Å². The van der Waals surface area contributed by atoms with Crippen molar-refractivity contribution in [1.29, 1.82) is 0 Å². The van der Waals surface area contributed by atoms with Gasteiger partial charge in [0.1, 0.15) is 0 Å². The molecule has 0 saturated heterocycles. The fraction of sp³-hybridized carbons (Fsp3) is 0.312. The molecule has 2 heterocycles. The van der Waals surface area contributed by atoms with Crippen molar-refractivity contribution >= 4 is 17.4 Å². The van der Waals surface area contributed by atoms with Crippen LogP contribution in [0, 0.1) is 0 Å². The number of rotatable bonds is 4. The van der Waals surface area contributed by atoms with Gasteiger partial charge in [0.05, 0.1) is 11.6 Å². The molecule has 1 amide bonds. The molecule has 1 aliphatic rings. The second kappa shape index (κ2) is 6.35. The van der Waals surface area contributed by atoms with E-state index in [-0.39, 0.29) is 5.91 Å². The van der Waals surface area contributed by atoms with Gasteiger partial charge in [0.25, 0.3) is 0 Å². The van der Waals surface area contributed by atoms with E-state index in [1.165, 1.54) is 6.08 Å². The summed E-state index contributed by atoms with van der Waals surface area (Å²) < 4.78 is 0. The van der Waals surface area contributed by atoms with Crippen molar-refractivity contribution in [2.75, 3.05) is 13.1 Å². The van der Waals surface area contributed by atoms with Crippen molar-refractivity contribution in [2.45, 2.75) is 19.3 Å². The molecule has 1 aromatic heterocycles. The Hall–Kier alpha value is -2.43. The number of carboxylic acid groups (broad SMARTS) is 1. The van der Waals surface area contributed by atoms with E-state index < -0.39 is 11.9 Å². The van der Waals surface area contributed by atoms with Crippen molar-refractivity contribution in [3.8, 4) is 0 Å². The van der Waals surface area contributed by atoms with E-state index in [2.05, 4.69) is 17.6 Å². The van der Waals surface area contributed by atoms with Crippen molar-refractivity contribution in [3.63, 3.8) is 0 Å². The second-order valence-corrected chi connectivity index (χ2v) is 5.02. The third kappa shape index (κ3) is 3.37. The van der Waals surface area contributed by atoms with E-state index in [0.29, 0.717) is 18.7 Å². The molecule has 0 fully saturated rings. The number of carboxylic acids is 1. The molecule has 21 heavy (non-hydrogen) atoms. The highest BCUT2D eigenvalue weighted by Crippen LogP contribution is 2.21. The number of hydrogen-bond donors (Lipinski definition) is 1. The summed E-state index contributed by atoms with van der Waals surface area (Å²) in [5, 5.41) is 8.98. The van der Waals surface area contributed by atoms with Crippen LogP contribution in [0.3, 0.4) is 0 Å². The van der Waals surface area contributed by atoms with Crippen LogP contribution in [-0.2, 0) is 9.59 Å². The number of hydrogen-bond acceptors (Lipinski definition) is 3. The zero-order valence-corrected chi connectivity index (χ0v) is 12.0. The summed E-state index contributed by atoms with van der Waals surface area (Å²) in [5.74, 6) is -1.54. The van der Waals surface area contributed by atoms with Gasteiger partial charge in [-0.25, -0.2) is 0 Å². The Bertz CT molecular complexity index is 590. The third-order valence-corrected chi connectivity index (χ3v) is 3.62. The number of carbonyl (C=O) groups excluding carboxylic acids is 1. The van der Waals surface area contributed by atoms with Crippen LogP contribution in [0.1, 0.15) is 30.5 Å². The molecule has 1 unspecified atom stereocenters. The molecule has 0 radical (unpaired) electrons. The summed E-state index contributed by atoms with van der Waals surface area (Å²) >= 11 is 0. The minimum absolute atomic E-state index is 0.0864. The van der Waals surface area contributed by atoms with Crippen LogP contribution in [-0.4, -0.2) is 40.0 Å². The van der Waals surface area contributed by atoms with Crippen molar-refractivity contribution < 1.29 is 14.7 Å². The first-order chi connectivity index (χ1) is 10.0. The lowest BCUT2D eigenvalue weighted by molar-refractivity contribution is -0.138. The summed E-state index contributed by atoms with van der Waals surface area (Å²) in [7, 11) is 0. The lowest BCUT2D eigenvalue weighted by atomic mass is 10.0. The Balaban J connectivity index is 2.15. The topological polar surface area (TPSA) is 70.5 Å². The number of carbonyl (C=O) groups is 2. The molecule has 1 atom stereocenters. The summed E-state index contributed by atoms with van der Waals surface area (Å²) in [6, 6.07) is 3.58. The van der Waals surface area contributed by atoms with E-state index >= 15 is 0 Å². The van der Waals surface area contributed by atoms with E-state index in [1.54, 1.807) is 24.1 Å². The Morgan fingerprint density at radius 3 is 2.81 bits per heavy atom. The summed E-state index contributed by atoms with van der Waals surface area (Å²) in [6.45, 7) is 6.32. The highest BCUT2D eigenvalue weighted by molar-refractivity contribution is 5.88.